The number of benzene rings is 2. The van der Waals surface area contributed by atoms with Gasteiger partial charge in [-0.15, -0.1) is 0 Å². The molecular formula is C19H18BrClF2N4O2S. The first-order chi connectivity index (χ1) is 14.0. The number of hydrogen-bond acceptors (Lipinski definition) is 6. The Morgan fingerprint density at radius 3 is 2.43 bits per heavy atom. The van der Waals surface area contributed by atoms with E-state index in [2.05, 4.69) is 31.6 Å². The summed E-state index contributed by atoms with van der Waals surface area (Å²) in [6.07, 6.45) is 1.31. The molecule has 1 atom stereocenters. The zero-order valence-electron chi connectivity index (χ0n) is 15.9. The smallest absolute Gasteiger partial charge is 0.211 e. The summed E-state index contributed by atoms with van der Waals surface area (Å²) < 4.78 is 53.0. The summed E-state index contributed by atoms with van der Waals surface area (Å²) in [6.45, 7) is 3.14. The Morgan fingerprint density at radius 2 is 1.83 bits per heavy atom. The molecule has 1 heterocycles. The van der Waals surface area contributed by atoms with Gasteiger partial charge in [0.2, 0.25) is 5.79 Å². The predicted octanol–water partition coefficient (Wildman–Crippen LogP) is 4.17. The molecule has 1 aliphatic rings. The fourth-order valence-electron chi connectivity index (χ4n) is 2.71. The van der Waals surface area contributed by atoms with Gasteiger partial charge in [-0.25, -0.2) is 22.2 Å². The van der Waals surface area contributed by atoms with Crippen LogP contribution >= 0.6 is 27.5 Å². The van der Waals surface area contributed by atoms with E-state index in [0.717, 1.165) is 12.1 Å². The van der Waals surface area contributed by atoms with E-state index in [1.807, 2.05) is 0 Å². The van der Waals surface area contributed by atoms with Crippen LogP contribution in [0.5, 0.6) is 0 Å². The number of hydrogen-bond donors (Lipinski definition) is 3. The SMILES string of the molecule is CC(C)S(=O)(=O)c1ccccc1NC1=NC(N)(c2cc(F)c(Br)c(F)c2)NC=C1Cl. The molecule has 2 aromatic carbocycles. The molecule has 0 radical (unpaired) electrons. The molecule has 6 nitrogen and oxygen atoms in total. The van der Waals surface area contributed by atoms with Gasteiger partial charge in [0.25, 0.3) is 0 Å². The number of amidine groups is 1. The van der Waals surface area contributed by atoms with Crippen LogP contribution in [0.2, 0.25) is 0 Å². The fourth-order valence-corrected chi connectivity index (χ4v) is 4.29. The molecule has 0 spiro atoms. The Morgan fingerprint density at radius 1 is 1.23 bits per heavy atom. The molecule has 1 aliphatic heterocycles. The molecule has 0 aromatic heterocycles. The summed E-state index contributed by atoms with van der Waals surface area (Å²) in [5, 5.41) is 5.04. The van der Waals surface area contributed by atoms with Gasteiger partial charge >= 0.3 is 0 Å². The van der Waals surface area contributed by atoms with E-state index in [1.54, 1.807) is 32.0 Å². The molecule has 0 fully saturated rings. The summed E-state index contributed by atoms with van der Waals surface area (Å²) in [4.78, 5) is 4.33. The molecular weight excluding hydrogens is 502 g/mol. The van der Waals surface area contributed by atoms with Gasteiger partial charge in [-0.1, -0.05) is 23.7 Å². The van der Waals surface area contributed by atoms with E-state index >= 15 is 0 Å². The number of sulfone groups is 1. The van der Waals surface area contributed by atoms with Crippen LogP contribution in [0.25, 0.3) is 0 Å². The Kier molecular flexibility index (Phi) is 6.24. The average Bonchev–Trinajstić information content (AvgIpc) is 2.69. The van der Waals surface area contributed by atoms with Gasteiger partial charge in [0.1, 0.15) is 17.5 Å². The molecule has 30 heavy (non-hydrogen) atoms. The summed E-state index contributed by atoms with van der Waals surface area (Å²) in [5.41, 5.74) is 6.49. The summed E-state index contributed by atoms with van der Waals surface area (Å²) in [5.74, 6) is -3.41. The van der Waals surface area contributed by atoms with Crippen molar-refractivity contribution in [2.45, 2.75) is 29.8 Å². The number of halogens is 4. The van der Waals surface area contributed by atoms with Crippen molar-refractivity contribution < 1.29 is 17.2 Å². The van der Waals surface area contributed by atoms with E-state index in [1.165, 1.54) is 12.3 Å². The minimum Gasteiger partial charge on any atom is -0.350 e. The number of aliphatic imine (C=N–C) groups is 1. The van der Waals surface area contributed by atoms with Gasteiger partial charge in [0.15, 0.2) is 9.84 Å². The molecule has 2 aromatic rings. The van der Waals surface area contributed by atoms with Gasteiger partial charge in [-0.05, 0) is 54.0 Å². The Bertz CT molecular complexity index is 1150. The van der Waals surface area contributed by atoms with Crippen molar-refractivity contribution in [1.29, 1.82) is 0 Å². The highest BCUT2D eigenvalue weighted by atomic mass is 79.9. The lowest BCUT2D eigenvalue weighted by atomic mass is 10.1. The highest BCUT2D eigenvalue weighted by Gasteiger charge is 2.32. The van der Waals surface area contributed by atoms with Crippen LogP contribution in [0, 0.1) is 11.6 Å². The minimum absolute atomic E-state index is 0.00324. The molecule has 0 aliphatic carbocycles. The quantitative estimate of drug-likeness (QED) is 0.527. The third-order valence-corrected chi connectivity index (χ3v) is 7.68. The maximum Gasteiger partial charge on any atom is 0.211 e. The first kappa shape index (κ1) is 22.7. The lowest BCUT2D eigenvalue weighted by Crippen LogP contribution is -2.50. The average molecular weight is 520 g/mol. The molecule has 0 bridgehead atoms. The van der Waals surface area contributed by atoms with E-state index in [9.17, 15) is 17.2 Å². The normalized spacial score (nSPS) is 19.2. The van der Waals surface area contributed by atoms with Crippen molar-refractivity contribution in [1.82, 2.24) is 5.32 Å². The van der Waals surface area contributed by atoms with E-state index in [0.29, 0.717) is 0 Å². The third kappa shape index (κ3) is 4.22. The topological polar surface area (TPSA) is 96.6 Å². The van der Waals surface area contributed by atoms with Gasteiger partial charge < -0.3 is 10.6 Å². The summed E-state index contributed by atoms with van der Waals surface area (Å²) in [6, 6.07) is 8.34. The number of nitrogens with two attached hydrogens (primary N) is 1. The van der Waals surface area contributed by atoms with E-state index < -0.39 is 32.5 Å². The van der Waals surface area contributed by atoms with Gasteiger partial charge in [-0.2, -0.15) is 0 Å². The number of rotatable bonds is 4. The third-order valence-electron chi connectivity index (χ3n) is 4.42. The molecule has 0 saturated carbocycles. The van der Waals surface area contributed by atoms with E-state index in [4.69, 9.17) is 17.3 Å². The lowest BCUT2D eigenvalue weighted by molar-refractivity contribution is 0.403. The minimum atomic E-state index is -3.60. The largest absolute Gasteiger partial charge is 0.350 e. The summed E-state index contributed by atoms with van der Waals surface area (Å²) >= 11 is 9.02. The second-order valence-corrected chi connectivity index (χ2v) is 10.5. The number of nitrogens with zero attached hydrogens (tertiary/aromatic N) is 1. The van der Waals surface area contributed by atoms with Crippen LogP contribution in [0.3, 0.4) is 0 Å². The zero-order chi connectivity index (χ0) is 22.3. The summed E-state index contributed by atoms with van der Waals surface area (Å²) in [7, 11) is -3.60. The van der Waals surface area contributed by atoms with Crippen LogP contribution in [-0.4, -0.2) is 19.5 Å². The van der Waals surface area contributed by atoms with Gasteiger partial charge in [0, 0.05) is 11.8 Å². The fraction of sp³-hybridized carbons (Fsp3) is 0.211. The molecule has 0 saturated heterocycles. The van der Waals surface area contributed by atoms with E-state index in [-0.39, 0.29) is 31.5 Å². The standard InChI is InChI=1S/C19H18BrClF2N4O2S/c1-10(2)30(28,29)16-6-4-3-5-15(16)26-18-12(21)9-25-19(24,27-18)11-7-13(22)17(20)14(23)8-11/h3-10,25H,24H2,1-2H3,(H,26,27). The Balaban J connectivity index is 2.05. The van der Waals surface area contributed by atoms with Gasteiger partial charge in [0.05, 0.1) is 25.3 Å². The van der Waals surface area contributed by atoms with Crippen LogP contribution < -0.4 is 16.4 Å². The first-order valence-electron chi connectivity index (χ1n) is 8.73. The molecule has 4 N–H and O–H groups in total. The van der Waals surface area contributed by atoms with Crippen molar-refractivity contribution in [3.8, 4) is 0 Å². The molecule has 1 unspecified atom stereocenters. The molecule has 0 amide bonds. The second kappa shape index (κ2) is 8.26. The maximum atomic E-state index is 14.0. The molecule has 160 valence electrons. The van der Waals surface area contributed by atoms with Crippen LogP contribution in [-0.2, 0) is 15.6 Å². The number of nitrogens with one attached hydrogen (secondary N) is 2. The van der Waals surface area contributed by atoms with Crippen molar-refractivity contribution in [2.24, 2.45) is 10.7 Å². The highest BCUT2D eigenvalue weighted by Crippen LogP contribution is 2.30. The Labute approximate surface area is 186 Å². The lowest BCUT2D eigenvalue weighted by Gasteiger charge is -2.31. The van der Waals surface area contributed by atoms with Crippen molar-refractivity contribution >= 4 is 48.9 Å². The Hall–Kier alpha value is -2.01. The molecule has 11 heteroatoms. The van der Waals surface area contributed by atoms with Crippen LogP contribution in [0.4, 0.5) is 14.5 Å². The van der Waals surface area contributed by atoms with Crippen LogP contribution in [0.15, 0.2) is 62.0 Å². The maximum absolute atomic E-state index is 14.0. The zero-order valence-corrected chi connectivity index (χ0v) is 19.0. The second-order valence-electron chi connectivity index (χ2n) is 6.83. The monoisotopic (exact) mass is 518 g/mol. The molecule has 3 rings (SSSR count). The number of anilines is 1. The predicted molar refractivity (Wildman–Crippen MR) is 117 cm³/mol. The van der Waals surface area contributed by atoms with Gasteiger partial charge in [-0.3, -0.25) is 5.73 Å². The van der Waals surface area contributed by atoms with Crippen LogP contribution in [0.1, 0.15) is 19.4 Å². The van der Waals surface area contributed by atoms with Crippen molar-refractivity contribution in [3.63, 3.8) is 0 Å². The van der Waals surface area contributed by atoms with Crippen molar-refractivity contribution in [2.75, 3.05) is 5.32 Å². The van der Waals surface area contributed by atoms with Crippen molar-refractivity contribution in [3.05, 3.63) is 69.3 Å². The highest BCUT2D eigenvalue weighted by molar-refractivity contribution is 9.10. The first-order valence-corrected chi connectivity index (χ1v) is 11.4. The number of para-hydroxylation sites is 1.